The van der Waals surface area contributed by atoms with Gasteiger partial charge in [-0.05, 0) is 30.3 Å². The van der Waals surface area contributed by atoms with Crippen molar-refractivity contribution in [2.75, 3.05) is 13.7 Å². The predicted molar refractivity (Wildman–Crippen MR) is 96.9 cm³/mol. The van der Waals surface area contributed by atoms with Gasteiger partial charge < -0.3 is 9.47 Å². The largest absolute Gasteiger partial charge is 0.496 e. The molecule has 1 heterocycles. The highest BCUT2D eigenvalue weighted by Gasteiger charge is 2.33. The molecule has 2 aromatic carbocycles. The van der Waals surface area contributed by atoms with E-state index in [4.69, 9.17) is 9.47 Å². The Morgan fingerprint density at radius 2 is 1.86 bits per heavy atom. The van der Waals surface area contributed by atoms with E-state index in [-0.39, 0.29) is 17.9 Å². The van der Waals surface area contributed by atoms with E-state index >= 15 is 0 Å². The minimum atomic E-state index is -4.57. The summed E-state index contributed by atoms with van der Waals surface area (Å²) in [6, 6.07) is 13.9. The summed E-state index contributed by atoms with van der Waals surface area (Å²) in [7, 11) is 1.29. The summed E-state index contributed by atoms with van der Waals surface area (Å²) in [6.07, 6.45) is -4.57. The van der Waals surface area contributed by atoms with Crippen LogP contribution in [-0.2, 0) is 10.9 Å². The number of benzene rings is 2. The number of esters is 1. The molecule has 0 bridgehead atoms. The first-order chi connectivity index (χ1) is 13.4. The highest BCUT2D eigenvalue weighted by Crippen LogP contribution is 2.34. The Morgan fingerprint density at radius 3 is 2.54 bits per heavy atom. The SMILES string of the molecule is COc1cc(C(F)(F)F)nc2ccc(C#CCOC(=O)c3ccccc3)cc12. The smallest absolute Gasteiger partial charge is 0.433 e. The van der Waals surface area contributed by atoms with E-state index in [1.165, 1.54) is 13.2 Å². The molecule has 0 amide bonds. The third-order valence-corrected chi connectivity index (χ3v) is 3.80. The summed E-state index contributed by atoms with van der Waals surface area (Å²) in [5, 5.41) is 0.406. The quantitative estimate of drug-likeness (QED) is 0.493. The molecule has 0 atom stereocenters. The molecule has 1 aromatic heterocycles. The Labute approximate surface area is 158 Å². The van der Waals surface area contributed by atoms with Gasteiger partial charge in [0.1, 0.15) is 11.4 Å². The molecular formula is C21H14F3NO3. The lowest BCUT2D eigenvalue weighted by Gasteiger charge is -2.11. The Bertz CT molecular complexity index is 1070. The van der Waals surface area contributed by atoms with Crippen LogP contribution in [0.25, 0.3) is 10.9 Å². The zero-order chi connectivity index (χ0) is 20.1. The highest BCUT2D eigenvalue weighted by molar-refractivity contribution is 5.89. The maximum Gasteiger partial charge on any atom is 0.433 e. The second-order valence-corrected chi connectivity index (χ2v) is 5.68. The lowest BCUT2D eigenvalue weighted by molar-refractivity contribution is -0.141. The molecule has 142 valence electrons. The standard InChI is InChI=1S/C21H14F3NO3/c1-27-18-13-19(21(22,23)24)25-17-10-9-14(12-16(17)18)6-5-11-28-20(26)15-7-3-2-4-8-15/h2-4,7-10,12-13H,11H2,1H3. The number of carbonyl (C=O) groups excluding carboxylic acids is 1. The number of aromatic nitrogens is 1. The molecule has 0 radical (unpaired) electrons. The van der Waals surface area contributed by atoms with Gasteiger partial charge in [0.25, 0.3) is 0 Å². The van der Waals surface area contributed by atoms with Crippen LogP contribution in [0.5, 0.6) is 5.75 Å². The molecule has 0 unspecified atom stereocenters. The van der Waals surface area contributed by atoms with Crippen molar-refractivity contribution in [1.82, 2.24) is 4.98 Å². The Hall–Kier alpha value is -3.53. The first kappa shape index (κ1) is 19.2. The molecule has 3 rings (SSSR count). The average molecular weight is 385 g/mol. The van der Waals surface area contributed by atoms with E-state index in [2.05, 4.69) is 16.8 Å². The van der Waals surface area contributed by atoms with Crippen molar-refractivity contribution in [3.8, 4) is 17.6 Å². The van der Waals surface area contributed by atoms with Crippen LogP contribution >= 0.6 is 0 Å². The normalized spacial score (nSPS) is 10.9. The Balaban J connectivity index is 1.78. The summed E-state index contributed by atoms with van der Waals surface area (Å²) < 4.78 is 48.9. The fourth-order valence-electron chi connectivity index (χ4n) is 2.48. The van der Waals surface area contributed by atoms with E-state index < -0.39 is 17.8 Å². The number of alkyl halides is 3. The van der Waals surface area contributed by atoms with Gasteiger partial charge >= 0.3 is 12.1 Å². The summed E-state index contributed by atoms with van der Waals surface area (Å²) in [6.45, 7) is -0.117. The van der Waals surface area contributed by atoms with Gasteiger partial charge in [0.05, 0.1) is 18.2 Å². The number of carbonyl (C=O) groups is 1. The van der Waals surface area contributed by atoms with Crippen molar-refractivity contribution >= 4 is 16.9 Å². The molecule has 0 saturated carbocycles. The molecular weight excluding hydrogens is 371 g/mol. The number of hydrogen-bond acceptors (Lipinski definition) is 4. The summed E-state index contributed by atoms with van der Waals surface area (Å²) >= 11 is 0. The molecule has 0 saturated heterocycles. The number of fused-ring (bicyclic) bond motifs is 1. The average Bonchev–Trinajstić information content (AvgIpc) is 2.70. The minimum Gasteiger partial charge on any atom is -0.496 e. The second-order valence-electron chi connectivity index (χ2n) is 5.68. The number of halogens is 3. The van der Waals surface area contributed by atoms with Gasteiger partial charge in [-0.25, -0.2) is 9.78 Å². The zero-order valence-electron chi connectivity index (χ0n) is 14.7. The molecule has 0 fully saturated rings. The van der Waals surface area contributed by atoms with Crippen molar-refractivity contribution < 1.29 is 27.4 Å². The molecule has 0 aliphatic heterocycles. The maximum atomic E-state index is 12.9. The van der Waals surface area contributed by atoms with Crippen LogP contribution in [0.1, 0.15) is 21.6 Å². The van der Waals surface area contributed by atoms with E-state index in [1.807, 2.05) is 0 Å². The van der Waals surface area contributed by atoms with Crippen LogP contribution in [0.3, 0.4) is 0 Å². The minimum absolute atomic E-state index is 0.0523. The summed E-state index contributed by atoms with van der Waals surface area (Å²) in [5.41, 5.74) is 0.0747. The van der Waals surface area contributed by atoms with E-state index in [9.17, 15) is 18.0 Å². The van der Waals surface area contributed by atoms with Gasteiger partial charge in [-0.1, -0.05) is 30.0 Å². The number of pyridine rings is 1. The summed E-state index contributed by atoms with van der Waals surface area (Å²) in [4.78, 5) is 15.4. The van der Waals surface area contributed by atoms with Gasteiger partial charge in [0.15, 0.2) is 6.61 Å². The van der Waals surface area contributed by atoms with Crippen molar-refractivity contribution in [3.63, 3.8) is 0 Å². The number of methoxy groups -OCH3 is 1. The van der Waals surface area contributed by atoms with E-state index in [0.717, 1.165) is 6.07 Å². The zero-order valence-corrected chi connectivity index (χ0v) is 14.7. The van der Waals surface area contributed by atoms with Gasteiger partial charge in [-0.15, -0.1) is 0 Å². The molecule has 0 aliphatic rings. The molecule has 4 nitrogen and oxygen atoms in total. The van der Waals surface area contributed by atoms with E-state index in [1.54, 1.807) is 42.5 Å². The van der Waals surface area contributed by atoms with Gasteiger partial charge in [0.2, 0.25) is 0 Å². The first-order valence-electron chi connectivity index (χ1n) is 8.15. The molecule has 0 N–H and O–H groups in total. The molecule has 7 heteroatoms. The van der Waals surface area contributed by atoms with Crippen LogP contribution in [0.4, 0.5) is 13.2 Å². The number of ether oxygens (including phenoxy) is 2. The molecule has 0 aliphatic carbocycles. The van der Waals surface area contributed by atoms with Crippen molar-refractivity contribution in [3.05, 3.63) is 71.4 Å². The fraction of sp³-hybridized carbons (Fsp3) is 0.143. The first-order valence-corrected chi connectivity index (χ1v) is 8.15. The maximum absolute atomic E-state index is 12.9. The lowest BCUT2D eigenvalue weighted by Crippen LogP contribution is -2.08. The van der Waals surface area contributed by atoms with Gasteiger partial charge in [-0.2, -0.15) is 13.2 Å². The second kappa shape index (κ2) is 8.01. The predicted octanol–water partition coefficient (Wildman–Crippen LogP) is 4.47. The molecule has 28 heavy (non-hydrogen) atoms. The lowest BCUT2D eigenvalue weighted by atomic mass is 10.1. The van der Waals surface area contributed by atoms with Crippen LogP contribution in [0, 0.1) is 11.8 Å². The Kier molecular flexibility index (Phi) is 5.50. The van der Waals surface area contributed by atoms with Crippen molar-refractivity contribution in [1.29, 1.82) is 0 Å². The van der Waals surface area contributed by atoms with Crippen molar-refractivity contribution in [2.24, 2.45) is 0 Å². The van der Waals surface area contributed by atoms with E-state index in [0.29, 0.717) is 16.5 Å². The van der Waals surface area contributed by atoms with Gasteiger partial charge in [-0.3, -0.25) is 0 Å². The fourth-order valence-corrected chi connectivity index (χ4v) is 2.48. The third kappa shape index (κ3) is 4.41. The van der Waals surface area contributed by atoms with Crippen LogP contribution in [0.2, 0.25) is 0 Å². The van der Waals surface area contributed by atoms with Gasteiger partial charge in [0, 0.05) is 17.0 Å². The monoisotopic (exact) mass is 385 g/mol. The topological polar surface area (TPSA) is 48.4 Å². The Morgan fingerprint density at radius 1 is 1.11 bits per heavy atom. The number of rotatable bonds is 3. The highest BCUT2D eigenvalue weighted by atomic mass is 19.4. The summed E-state index contributed by atoms with van der Waals surface area (Å²) in [5.74, 6) is 5.08. The van der Waals surface area contributed by atoms with Crippen molar-refractivity contribution in [2.45, 2.75) is 6.18 Å². The van der Waals surface area contributed by atoms with Crippen LogP contribution < -0.4 is 4.74 Å². The van der Waals surface area contributed by atoms with Crippen LogP contribution in [-0.4, -0.2) is 24.7 Å². The molecule has 0 spiro atoms. The third-order valence-electron chi connectivity index (χ3n) is 3.80. The molecule has 3 aromatic rings. The number of nitrogens with zero attached hydrogens (tertiary/aromatic N) is 1. The number of hydrogen-bond donors (Lipinski definition) is 0. The van der Waals surface area contributed by atoms with Crippen LogP contribution in [0.15, 0.2) is 54.6 Å².